The molecule has 0 spiro atoms. The van der Waals surface area contributed by atoms with Crippen molar-refractivity contribution >= 4 is 11.3 Å². The number of rotatable bonds is 4. The minimum atomic E-state index is 0.532. The first-order valence-electron chi connectivity index (χ1n) is 6.01. The lowest BCUT2D eigenvalue weighted by Crippen LogP contribution is -2.21. The number of aromatic nitrogens is 1. The van der Waals surface area contributed by atoms with Crippen LogP contribution < -0.4 is 5.32 Å². The van der Waals surface area contributed by atoms with Crippen molar-refractivity contribution in [3.63, 3.8) is 0 Å². The van der Waals surface area contributed by atoms with Crippen molar-refractivity contribution in [3.8, 4) is 0 Å². The molecule has 1 atom stereocenters. The number of nitrogens with one attached hydrogen (secondary N) is 1. The number of hydrogen-bond acceptors (Lipinski definition) is 4. The third-order valence-corrected chi connectivity index (χ3v) is 3.91. The molecule has 0 radical (unpaired) electrons. The summed E-state index contributed by atoms with van der Waals surface area (Å²) in [5.41, 5.74) is 1.30. The van der Waals surface area contributed by atoms with E-state index in [-0.39, 0.29) is 0 Å². The standard InChI is InChI=1S/C12H21N3S/c1-9(2)13-6-12-14-11(8-16-12)10-4-5-15(3)7-10/h8-10,13H,4-7H2,1-3H3. The van der Waals surface area contributed by atoms with Gasteiger partial charge in [0.2, 0.25) is 0 Å². The first-order chi connectivity index (χ1) is 7.65. The molecule has 2 heterocycles. The van der Waals surface area contributed by atoms with Gasteiger partial charge < -0.3 is 10.2 Å². The fourth-order valence-corrected chi connectivity index (χ4v) is 2.89. The molecule has 16 heavy (non-hydrogen) atoms. The summed E-state index contributed by atoms with van der Waals surface area (Å²) in [6.45, 7) is 7.62. The maximum atomic E-state index is 4.73. The number of likely N-dealkylation sites (N-methyl/N-ethyl adjacent to an activating group) is 1. The smallest absolute Gasteiger partial charge is 0.107 e. The van der Waals surface area contributed by atoms with Crippen LogP contribution in [0.4, 0.5) is 0 Å². The van der Waals surface area contributed by atoms with E-state index in [1.54, 1.807) is 11.3 Å². The zero-order chi connectivity index (χ0) is 11.5. The number of thiazole rings is 1. The van der Waals surface area contributed by atoms with E-state index in [0.29, 0.717) is 12.0 Å². The van der Waals surface area contributed by atoms with Gasteiger partial charge in [0.05, 0.1) is 5.69 Å². The van der Waals surface area contributed by atoms with Crippen LogP contribution in [0.1, 0.15) is 36.9 Å². The molecule has 4 heteroatoms. The van der Waals surface area contributed by atoms with Gasteiger partial charge in [-0.25, -0.2) is 4.98 Å². The molecule has 1 aromatic heterocycles. The van der Waals surface area contributed by atoms with E-state index in [4.69, 9.17) is 4.98 Å². The second kappa shape index (κ2) is 5.25. The van der Waals surface area contributed by atoms with Crippen LogP contribution in [-0.4, -0.2) is 36.1 Å². The zero-order valence-electron chi connectivity index (χ0n) is 10.4. The van der Waals surface area contributed by atoms with Crippen molar-refractivity contribution in [2.24, 2.45) is 0 Å². The molecule has 2 rings (SSSR count). The van der Waals surface area contributed by atoms with Crippen LogP contribution in [0.15, 0.2) is 5.38 Å². The fraction of sp³-hybridized carbons (Fsp3) is 0.750. The molecule has 0 bridgehead atoms. The predicted molar refractivity (Wildman–Crippen MR) is 68.9 cm³/mol. The Balaban J connectivity index is 1.91. The highest BCUT2D eigenvalue weighted by atomic mass is 32.1. The molecule has 0 amide bonds. The van der Waals surface area contributed by atoms with Gasteiger partial charge >= 0.3 is 0 Å². The van der Waals surface area contributed by atoms with E-state index in [2.05, 4.69) is 36.5 Å². The summed E-state index contributed by atoms with van der Waals surface area (Å²) in [5, 5.41) is 6.87. The van der Waals surface area contributed by atoms with E-state index in [1.807, 2.05) is 0 Å². The molecule has 3 nitrogen and oxygen atoms in total. The Labute approximate surface area is 102 Å². The molecule has 1 aromatic rings. The summed E-state index contributed by atoms with van der Waals surface area (Å²) >= 11 is 1.79. The van der Waals surface area contributed by atoms with Gasteiger partial charge in [-0.1, -0.05) is 13.8 Å². The van der Waals surface area contributed by atoms with E-state index in [0.717, 1.165) is 6.54 Å². The molecule has 0 saturated carbocycles. The second-order valence-electron chi connectivity index (χ2n) is 4.95. The Kier molecular flexibility index (Phi) is 3.95. The second-order valence-corrected chi connectivity index (χ2v) is 5.89. The molecule has 0 aliphatic carbocycles. The van der Waals surface area contributed by atoms with Crippen molar-refractivity contribution in [1.29, 1.82) is 0 Å². The van der Waals surface area contributed by atoms with Crippen molar-refractivity contribution < 1.29 is 0 Å². The van der Waals surface area contributed by atoms with Gasteiger partial charge in [0.15, 0.2) is 0 Å². The Morgan fingerprint density at radius 2 is 2.44 bits per heavy atom. The third-order valence-electron chi connectivity index (χ3n) is 3.04. The number of nitrogens with zero attached hydrogens (tertiary/aromatic N) is 2. The van der Waals surface area contributed by atoms with E-state index < -0.39 is 0 Å². The summed E-state index contributed by atoms with van der Waals surface area (Å²) in [4.78, 5) is 7.11. The summed E-state index contributed by atoms with van der Waals surface area (Å²) in [6.07, 6.45) is 1.26. The summed E-state index contributed by atoms with van der Waals surface area (Å²) in [6, 6.07) is 0.532. The van der Waals surface area contributed by atoms with Crippen LogP contribution in [0, 0.1) is 0 Å². The molecule has 1 saturated heterocycles. The molecule has 1 N–H and O–H groups in total. The lowest BCUT2D eigenvalue weighted by molar-refractivity contribution is 0.411. The highest BCUT2D eigenvalue weighted by molar-refractivity contribution is 7.09. The van der Waals surface area contributed by atoms with Gasteiger partial charge in [-0.3, -0.25) is 0 Å². The summed E-state index contributed by atoms with van der Waals surface area (Å²) in [5.74, 6) is 0.661. The van der Waals surface area contributed by atoms with Crippen LogP contribution in [0.3, 0.4) is 0 Å². The van der Waals surface area contributed by atoms with Gasteiger partial charge in [0.25, 0.3) is 0 Å². The minimum absolute atomic E-state index is 0.532. The van der Waals surface area contributed by atoms with Crippen molar-refractivity contribution in [2.45, 2.75) is 38.8 Å². The van der Waals surface area contributed by atoms with E-state index in [1.165, 1.54) is 30.2 Å². The molecule has 1 aliphatic rings. The van der Waals surface area contributed by atoms with Gasteiger partial charge in [0.1, 0.15) is 5.01 Å². The average molecular weight is 239 g/mol. The largest absolute Gasteiger partial charge is 0.308 e. The van der Waals surface area contributed by atoms with Gasteiger partial charge in [0, 0.05) is 30.4 Å². The van der Waals surface area contributed by atoms with Crippen LogP contribution in [-0.2, 0) is 6.54 Å². The highest BCUT2D eigenvalue weighted by Crippen LogP contribution is 2.27. The lowest BCUT2D eigenvalue weighted by atomic mass is 10.1. The summed E-state index contributed by atoms with van der Waals surface area (Å²) in [7, 11) is 2.19. The molecule has 1 unspecified atom stereocenters. The maximum Gasteiger partial charge on any atom is 0.107 e. The lowest BCUT2D eigenvalue weighted by Gasteiger charge is -2.07. The Hall–Kier alpha value is -0.450. The molecule has 0 aromatic carbocycles. The predicted octanol–water partition coefficient (Wildman–Crippen LogP) is 2.06. The van der Waals surface area contributed by atoms with Gasteiger partial charge in [-0.05, 0) is 20.0 Å². The summed E-state index contributed by atoms with van der Waals surface area (Å²) < 4.78 is 0. The van der Waals surface area contributed by atoms with Crippen molar-refractivity contribution in [3.05, 3.63) is 16.1 Å². The van der Waals surface area contributed by atoms with Crippen molar-refractivity contribution in [2.75, 3.05) is 20.1 Å². The first kappa shape index (κ1) is 12.0. The fourth-order valence-electron chi connectivity index (χ4n) is 2.06. The highest BCUT2D eigenvalue weighted by Gasteiger charge is 2.23. The SMILES string of the molecule is CC(C)NCc1nc(C2CCN(C)C2)cs1. The average Bonchev–Trinajstić information content (AvgIpc) is 2.83. The number of hydrogen-bond donors (Lipinski definition) is 1. The maximum absolute atomic E-state index is 4.73. The molecular weight excluding hydrogens is 218 g/mol. The molecular formula is C12H21N3S. The Morgan fingerprint density at radius 1 is 1.62 bits per heavy atom. The molecule has 1 aliphatic heterocycles. The minimum Gasteiger partial charge on any atom is -0.308 e. The molecule has 1 fully saturated rings. The zero-order valence-corrected chi connectivity index (χ0v) is 11.2. The van der Waals surface area contributed by atoms with Gasteiger partial charge in [-0.15, -0.1) is 11.3 Å². The van der Waals surface area contributed by atoms with Crippen molar-refractivity contribution in [1.82, 2.24) is 15.2 Å². The van der Waals surface area contributed by atoms with E-state index >= 15 is 0 Å². The van der Waals surface area contributed by atoms with Crippen LogP contribution >= 0.6 is 11.3 Å². The van der Waals surface area contributed by atoms with Crippen LogP contribution in [0.25, 0.3) is 0 Å². The Bertz CT molecular complexity index is 335. The molecule has 90 valence electrons. The quantitative estimate of drug-likeness (QED) is 0.872. The Morgan fingerprint density at radius 3 is 3.06 bits per heavy atom. The van der Waals surface area contributed by atoms with E-state index in [9.17, 15) is 0 Å². The third kappa shape index (κ3) is 3.03. The normalized spacial score (nSPS) is 22.1. The van der Waals surface area contributed by atoms with Gasteiger partial charge in [-0.2, -0.15) is 0 Å². The topological polar surface area (TPSA) is 28.2 Å². The van der Waals surface area contributed by atoms with Crippen LogP contribution in [0.2, 0.25) is 0 Å². The first-order valence-corrected chi connectivity index (χ1v) is 6.89. The van der Waals surface area contributed by atoms with Crippen LogP contribution in [0.5, 0.6) is 0 Å². The monoisotopic (exact) mass is 239 g/mol. The number of likely N-dealkylation sites (tertiary alicyclic amines) is 1.